The van der Waals surface area contributed by atoms with Crippen LogP contribution in [0.25, 0.3) is 0 Å². The van der Waals surface area contributed by atoms with Crippen molar-refractivity contribution in [1.29, 1.82) is 0 Å². The summed E-state index contributed by atoms with van der Waals surface area (Å²) in [6, 6.07) is 11.2. The fourth-order valence-electron chi connectivity index (χ4n) is 2.07. The first-order valence-corrected chi connectivity index (χ1v) is 8.09. The van der Waals surface area contributed by atoms with Crippen molar-refractivity contribution in [1.82, 2.24) is 5.43 Å². The molecule has 1 N–H and O–H groups in total. The van der Waals surface area contributed by atoms with Gasteiger partial charge in [0.05, 0.1) is 17.7 Å². The van der Waals surface area contributed by atoms with Gasteiger partial charge in [0, 0.05) is 23.3 Å². The third-order valence-corrected chi connectivity index (χ3v) is 3.56. The molecule has 0 unspecified atom stereocenters. The lowest BCUT2D eigenvalue weighted by molar-refractivity contribution is -0.384. The summed E-state index contributed by atoms with van der Waals surface area (Å²) in [5, 5.41) is 14.4. The summed E-state index contributed by atoms with van der Waals surface area (Å²) in [7, 11) is 0. The SMILES string of the molecule is O=C(NN=Cc1cccc([N+](=O)[O-])c1)c1ccc(COCC(F)(F)C(F)F)cc1. The molecule has 0 aromatic heterocycles. The van der Waals surface area contributed by atoms with Gasteiger partial charge in [-0.1, -0.05) is 24.3 Å². The third-order valence-electron chi connectivity index (χ3n) is 3.56. The summed E-state index contributed by atoms with van der Waals surface area (Å²) >= 11 is 0. The van der Waals surface area contributed by atoms with Crippen LogP contribution in [0.5, 0.6) is 0 Å². The molecule has 0 saturated carbocycles. The molecule has 0 heterocycles. The van der Waals surface area contributed by atoms with E-state index in [0.717, 1.165) is 0 Å². The Bertz CT molecular complexity index is 889. The van der Waals surface area contributed by atoms with E-state index in [1.807, 2.05) is 0 Å². The Balaban J connectivity index is 1.87. The maximum Gasteiger partial charge on any atom is 0.330 e. The van der Waals surface area contributed by atoms with Crippen LogP contribution in [-0.4, -0.2) is 36.0 Å². The maximum atomic E-state index is 12.7. The molecular weight excluding hydrogens is 398 g/mol. The number of nitrogens with one attached hydrogen (secondary N) is 1. The highest BCUT2D eigenvalue weighted by Gasteiger charge is 2.40. The van der Waals surface area contributed by atoms with E-state index < -0.39 is 29.8 Å². The molecule has 1 amide bonds. The van der Waals surface area contributed by atoms with Gasteiger partial charge in [0.25, 0.3) is 11.6 Å². The van der Waals surface area contributed by atoms with E-state index in [1.54, 1.807) is 6.07 Å². The monoisotopic (exact) mass is 413 g/mol. The second-order valence-electron chi connectivity index (χ2n) is 5.80. The number of nitro groups is 1. The molecule has 0 aliphatic rings. The molecule has 0 saturated heterocycles. The number of rotatable bonds is 9. The summed E-state index contributed by atoms with van der Waals surface area (Å²) < 4.78 is 54.1. The molecule has 0 atom stereocenters. The number of carbonyl (C=O) groups is 1. The van der Waals surface area contributed by atoms with E-state index in [0.29, 0.717) is 11.1 Å². The van der Waals surface area contributed by atoms with E-state index in [1.165, 1.54) is 48.7 Å². The molecule has 11 heteroatoms. The number of benzene rings is 2. The highest BCUT2D eigenvalue weighted by atomic mass is 19.3. The number of halogens is 4. The van der Waals surface area contributed by atoms with Gasteiger partial charge in [-0.2, -0.15) is 13.9 Å². The van der Waals surface area contributed by atoms with E-state index in [4.69, 9.17) is 0 Å². The van der Waals surface area contributed by atoms with Gasteiger partial charge in [0.15, 0.2) is 0 Å². The molecule has 7 nitrogen and oxygen atoms in total. The maximum absolute atomic E-state index is 12.7. The number of ether oxygens (including phenoxy) is 1. The Kier molecular flexibility index (Phi) is 7.37. The van der Waals surface area contributed by atoms with Crippen molar-refractivity contribution < 1.29 is 32.0 Å². The minimum Gasteiger partial charge on any atom is -0.370 e. The summed E-state index contributed by atoms with van der Waals surface area (Å²) in [5.74, 6) is -4.81. The molecule has 2 rings (SSSR count). The smallest absolute Gasteiger partial charge is 0.330 e. The zero-order chi connectivity index (χ0) is 21.4. The fourth-order valence-corrected chi connectivity index (χ4v) is 2.07. The highest BCUT2D eigenvalue weighted by Crippen LogP contribution is 2.23. The van der Waals surface area contributed by atoms with Crippen LogP contribution in [0.3, 0.4) is 0 Å². The average Bonchev–Trinajstić information content (AvgIpc) is 2.68. The van der Waals surface area contributed by atoms with Gasteiger partial charge in [0.2, 0.25) is 0 Å². The van der Waals surface area contributed by atoms with Crippen molar-refractivity contribution in [3.8, 4) is 0 Å². The predicted octanol–water partition coefficient (Wildman–Crippen LogP) is 3.78. The number of alkyl halides is 4. The lowest BCUT2D eigenvalue weighted by Crippen LogP contribution is -2.32. The first-order valence-electron chi connectivity index (χ1n) is 8.09. The van der Waals surface area contributed by atoms with Gasteiger partial charge in [-0.25, -0.2) is 14.2 Å². The topological polar surface area (TPSA) is 93.8 Å². The predicted molar refractivity (Wildman–Crippen MR) is 95.2 cm³/mol. The van der Waals surface area contributed by atoms with Gasteiger partial charge >= 0.3 is 12.3 Å². The number of non-ortho nitro benzene ring substituents is 1. The van der Waals surface area contributed by atoms with Crippen LogP contribution in [0.4, 0.5) is 23.2 Å². The summed E-state index contributed by atoms with van der Waals surface area (Å²) in [5.41, 5.74) is 3.13. The third kappa shape index (κ3) is 6.64. The zero-order valence-corrected chi connectivity index (χ0v) is 14.7. The number of amides is 1. The fraction of sp³-hybridized carbons (Fsp3) is 0.222. The molecule has 154 valence electrons. The van der Waals surface area contributed by atoms with Crippen LogP contribution >= 0.6 is 0 Å². The number of carbonyl (C=O) groups excluding carboxylic acids is 1. The first-order chi connectivity index (χ1) is 13.7. The van der Waals surface area contributed by atoms with Crippen molar-refractivity contribution in [3.63, 3.8) is 0 Å². The Hall–Kier alpha value is -3.34. The summed E-state index contributed by atoms with van der Waals surface area (Å²) in [4.78, 5) is 22.1. The summed E-state index contributed by atoms with van der Waals surface area (Å²) in [6.45, 7) is -1.74. The van der Waals surface area contributed by atoms with Crippen LogP contribution < -0.4 is 5.43 Å². The van der Waals surface area contributed by atoms with E-state index >= 15 is 0 Å². The van der Waals surface area contributed by atoms with Gasteiger partial charge in [0.1, 0.15) is 6.61 Å². The molecule has 0 aliphatic heterocycles. The van der Waals surface area contributed by atoms with Crippen molar-refractivity contribution in [3.05, 3.63) is 75.3 Å². The van der Waals surface area contributed by atoms with Gasteiger partial charge in [-0.15, -0.1) is 0 Å². The molecular formula is C18H15F4N3O4. The molecule has 29 heavy (non-hydrogen) atoms. The average molecular weight is 413 g/mol. The largest absolute Gasteiger partial charge is 0.370 e. The van der Waals surface area contributed by atoms with Crippen molar-refractivity contribution >= 4 is 17.8 Å². The Morgan fingerprint density at radius 1 is 1.24 bits per heavy atom. The molecule has 2 aromatic rings. The number of hydrazone groups is 1. The van der Waals surface area contributed by atoms with Crippen LogP contribution in [0.1, 0.15) is 21.5 Å². The zero-order valence-electron chi connectivity index (χ0n) is 14.7. The standard InChI is InChI=1S/C18H15F4N3O4/c19-17(20)18(21,22)11-29-10-12-4-6-14(7-5-12)16(26)24-23-9-13-2-1-3-15(8-13)25(27)28/h1-9,17H,10-11H2,(H,24,26). The quantitative estimate of drug-likeness (QED) is 0.293. The lowest BCUT2D eigenvalue weighted by atomic mass is 10.1. The molecule has 0 fully saturated rings. The Morgan fingerprint density at radius 2 is 1.93 bits per heavy atom. The number of hydrogen-bond donors (Lipinski definition) is 1. The normalized spacial score (nSPS) is 11.8. The van der Waals surface area contributed by atoms with Crippen molar-refractivity contribution in [2.45, 2.75) is 19.0 Å². The van der Waals surface area contributed by atoms with E-state index in [2.05, 4.69) is 15.3 Å². The van der Waals surface area contributed by atoms with Crippen LogP contribution in [-0.2, 0) is 11.3 Å². The van der Waals surface area contributed by atoms with Crippen molar-refractivity contribution in [2.24, 2.45) is 5.10 Å². The molecule has 2 aromatic carbocycles. The first kappa shape index (κ1) is 22.0. The minimum atomic E-state index is -4.23. The molecule has 0 aliphatic carbocycles. The number of nitrogens with zero attached hydrogens (tertiary/aromatic N) is 2. The Morgan fingerprint density at radius 3 is 2.55 bits per heavy atom. The molecule has 0 spiro atoms. The van der Waals surface area contributed by atoms with Gasteiger partial charge in [-0.3, -0.25) is 14.9 Å². The van der Waals surface area contributed by atoms with Crippen molar-refractivity contribution in [2.75, 3.05) is 6.61 Å². The second-order valence-corrected chi connectivity index (χ2v) is 5.80. The molecule has 0 bridgehead atoms. The lowest BCUT2D eigenvalue weighted by Gasteiger charge is -2.15. The van der Waals surface area contributed by atoms with E-state index in [9.17, 15) is 32.5 Å². The highest BCUT2D eigenvalue weighted by molar-refractivity contribution is 5.94. The Labute approximate surface area is 162 Å². The van der Waals surface area contributed by atoms with Crippen LogP contribution in [0.15, 0.2) is 53.6 Å². The minimum absolute atomic E-state index is 0.121. The number of hydrogen-bond acceptors (Lipinski definition) is 5. The van der Waals surface area contributed by atoms with E-state index in [-0.39, 0.29) is 17.9 Å². The number of nitro benzene ring substituents is 1. The van der Waals surface area contributed by atoms with Gasteiger partial charge in [-0.05, 0) is 17.7 Å². The van der Waals surface area contributed by atoms with Crippen LogP contribution in [0, 0.1) is 10.1 Å². The van der Waals surface area contributed by atoms with Gasteiger partial charge < -0.3 is 4.74 Å². The summed E-state index contributed by atoms with van der Waals surface area (Å²) in [6.07, 6.45) is -2.58. The molecule has 0 radical (unpaired) electrons. The van der Waals surface area contributed by atoms with Crippen LogP contribution in [0.2, 0.25) is 0 Å². The second kappa shape index (κ2) is 9.73.